The van der Waals surface area contributed by atoms with Crippen molar-refractivity contribution < 1.29 is 32.6 Å². The second kappa shape index (κ2) is 9.91. The van der Waals surface area contributed by atoms with Crippen LogP contribution in [0.2, 0.25) is 0 Å². The molecule has 0 radical (unpaired) electrons. The van der Waals surface area contributed by atoms with Gasteiger partial charge in [0.1, 0.15) is 11.5 Å². The largest absolute Gasteiger partial charge is 0.496 e. The lowest BCUT2D eigenvalue weighted by Crippen LogP contribution is -2.20. The average Bonchev–Trinajstić information content (AvgIpc) is 2.66. The molecule has 2 aromatic rings. The van der Waals surface area contributed by atoms with Crippen molar-refractivity contribution in [2.45, 2.75) is 6.61 Å². The highest BCUT2D eigenvalue weighted by atomic mass is 19.3. The fraction of sp³-hybridized carbons (Fsp3) is 0.158. The minimum Gasteiger partial charge on any atom is -0.496 e. The second-order valence-corrected chi connectivity index (χ2v) is 5.11. The first kappa shape index (κ1) is 19.9. The van der Waals surface area contributed by atoms with Crippen molar-refractivity contribution in [1.29, 1.82) is 0 Å². The maximum absolute atomic E-state index is 12.3. The van der Waals surface area contributed by atoms with E-state index in [0.717, 1.165) is 6.08 Å². The van der Waals surface area contributed by atoms with Crippen molar-refractivity contribution in [1.82, 2.24) is 0 Å². The van der Waals surface area contributed by atoms with Crippen LogP contribution in [-0.2, 0) is 14.3 Å². The number of amides is 1. The highest BCUT2D eigenvalue weighted by molar-refractivity contribution is 5.95. The molecular weight excluding hydrogens is 360 g/mol. The molecule has 0 atom stereocenters. The number of benzene rings is 2. The van der Waals surface area contributed by atoms with Crippen molar-refractivity contribution in [2.24, 2.45) is 0 Å². The first-order valence-electron chi connectivity index (χ1n) is 7.81. The fourth-order valence-corrected chi connectivity index (χ4v) is 2.10. The molecule has 2 aromatic carbocycles. The minimum atomic E-state index is -3.03. The Kier molecular flexibility index (Phi) is 7.30. The van der Waals surface area contributed by atoms with Crippen LogP contribution >= 0.6 is 0 Å². The summed E-state index contributed by atoms with van der Waals surface area (Å²) in [4.78, 5) is 23.6. The number of carbonyl (C=O) groups excluding carboxylic acids is 2. The molecular formula is C19H17F2NO5. The minimum absolute atomic E-state index is 0.0448. The lowest BCUT2D eigenvalue weighted by Gasteiger charge is -2.11. The molecule has 0 aliphatic carbocycles. The zero-order chi connectivity index (χ0) is 19.6. The van der Waals surface area contributed by atoms with Gasteiger partial charge < -0.3 is 19.5 Å². The van der Waals surface area contributed by atoms with Crippen molar-refractivity contribution in [3.05, 3.63) is 60.2 Å². The molecule has 142 valence electrons. The second-order valence-electron chi connectivity index (χ2n) is 5.11. The molecule has 0 spiro atoms. The molecule has 1 amide bonds. The number of rotatable bonds is 8. The number of carbonyl (C=O) groups is 2. The summed E-state index contributed by atoms with van der Waals surface area (Å²) in [5.41, 5.74) is 0.711. The van der Waals surface area contributed by atoms with Gasteiger partial charge in [0.05, 0.1) is 12.8 Å². The average molecular weight is 377 g/mol. The number of hydrogen-bond donors (Lipinski definition) is 1. The van der Waals surface area contributed by atoms with Gasteiger partial charge in [0.25, 0.3) is 5.91 Å². The molecule has 0 heterocycles. The predicted molar refractivity (Wildman–Crippen MR) is 94.7 cm³/mol. The molecule has 0 bridgehead atoms. The van der Waals surface area contributed by atoms with Gasteiger partial charge >= 0.3 is 12.6 Å². The molecule has 0 fully saturated rings. The summed E-state index contributed by atoms with van der Waals surface area (Å²) in [5.74, 6) is -1.05. The normalized spacial score (nSPS) is 10.7. The molecule has 8 heteroatoms. The summed E-state index contributed by atoms with van der Waals surface area (Å²) in [5, 5.41) is 2.34. The molecule has 0 aliphatic rings. The maximum Gasteiger partial charge on any atom is 0.387 e. The Labute approximate surface area is 154 Å². The van der Waals surface area contributed by atoms with E-state index in [-0.39, 0.29) is 11.4 Å². The van der Waals surface area contributed by atoms with E-state index in [1.54, 1.807) is 24.3 Å². The van der Waals surface area contributed by atoms with Crippen LogP contribution in [-0.4, -0.2) is 32.2 Å². The van der Waals surface area contributed by atoms with Gasteiger partial charge in [-0.15, -0.1) is 0 Å². The van der Waals surface area contributed by atoms with E-state index in [1.165, 1.54) is 37.5 Å². The molecule has 27 heavy (non-hydrogen) atoms. The third-order valence-corrected chi connectivity index (χ3v) is 3.26. The van der Waals surface area contributed by atoms with Gasteiger partial charge in [-0.2, -0.15) is 8.78 Å². The van der Waals surface area contributed by atoms with Crippen LogP contribution in [0, 0.1) is 0 Å². The van der Waals surface area contributed by atoms with Crippen LogP contribution in [0.3, 0.4) is 0 Å². The molecule has 6 nitrogen and oxygen atoms in total. The number of nitrogens with one attached hydrogen (secondary N) is 1. The van der Waals surface area contributed by atoms with Gasteiger partial charge in [0.2, 0.25) is 0 Å². The molecule has 2 rings (SSSR count). The Hall–Kier alpha value is -3.42. The molecule has 0 aliphatic heterocycles. The molecule has 0 unspecified atom stereocenters. The van der Waals surface area contributed by atoms with Crippen molar-refractivity contribution in [2.75, 3.05) is 19.0 Å². The predicted octanol–water partition coefficient (Wildman–Crippen LogP) is 3.49. The third kappa shape index (κ3) is 6.43. The lowest BCUT2D eigenvalue weighted by atomic mass is 10.2. The number of halogens is 2. The summed E-state index contributed by atoms with van der Waals surface area (Å²) in [6.45, 7) is -3.61. The number of alkyl halides is 2. The van der Waals surface area contributed by atoms with Crippen LogP contribution in [0.5, 0.6) is 11.5 Å². The van der Waals surface area contributed by atoms with Crippen LogP contribution in [0.25, 0.3) is 6.08 Å². The number of para-hydroxylation sites is 3. The molecule has 0 saturated carbocycles. The van der Waals surface area contributed by atoms with Gasteiger partial charge in [-0.1, -0.05) is 30.3 Å². The van der Waals surface area contributed by atoms with E-state index < -0.39 is 25.1 Å². The zero-order valence-electron chi connectivity index (χ0n) is 14.4. The van der Waals surface area contributed by atoms with E-state index >= 15 is 0 Å². The summed E-state index contributed by atoms with van der Waals surface area (Å²) < 4.78 is 39.0. The smallest absolute Gasteiger partial charge is 0.387 e. The van der Waals surface area contributed by atoms with Crippen LogP contribution in [0.4, 0.5) is 14.5 Å². The number of anilines is 1. The first-order valence-corrected chi connectivity index (χ1v) is 7.81. The Bertz CT molecular complexity index is 823. The van der Waals surface area contributed by atoms with Gasteiger partial charge in [-0.05, 0) is 24.3 Å². The summed E-state index contributed by atoms with van der Waals surface area (Å²) in [7, 11) is 1.50. The van der Waals surface area contributed by atoms with Crippen LogP contribution in [0.15, 0.2) is 54.6 Å². The summed E-state index contributed by atoms with van der Waals surface area (Å²) in [6.07, 6.45) is 2.64. The molecule has 1 N–H and O–H groups in total. The quantitative estimate of drug-likeness (QED) is 0.563. The highest BCUT2D eigenvalue weighted by Crippen LogP contribution is 2.25. The Balaban J connectivity index is 1.88. The standard InChI is InChI=1S/C19H17F2NO5/c1-25-15-8-4-2-6-13(15)10-11-18(24)26-12-17(23)22-14-7-3-5-9-16(14)27-19(20)21/h2-11,19H,12H2,1H3,(H,22,23). The first-order chi connectivity index (χ1) is 13.0. The number of esters is 1. The van der Waals surface area contributed by atoms with E-state index in [1.807, 2.05) is 0 Å². The third-order valence-electron chi connectivity index (χ3n) is 3.26. The lowest BCUT2D eigenvalue weighted by molar-refractivity contribution is -0.142. The number of hydrogen-bond acceptors (Lipinski definition) is 5. The van der Waals surface area contributed by atoms with Crippen molar-refractivity contribution in [3.63, 3.8) is 0 Å². The molecule has 0 saturated heterocycles. The van der Waals surface area contributed by atoms with Gasteiger partial charge in [-0.25, -0.2) is 4.79 Å². The van der Waals surface area contributed by atoms with Crippen LogP contribution < -0.4 is 14.8 Å². The fourth-order valence-electron chi connectivity index (χ4n) is 2.10. The van der Waals surface area contributed by atoms with Crippen molar-refractivity contribution in [3.8, 4) is 11.5 Å². The van der Waals surface area contributed by atoms with Crippen molar-refractivity contribution >= 4 is 23.6 Å². The zero-order valence-corrected chi connectivity index (χ0v) is 14.4. The van der Waals surface area contributed by atoms with E-state index in [2.05, 4.69) is 10.1 Å². The topological polar surface area (TPSA) is 73.9 Å². The number of ether oxygens (including phenoxy) is 3. The summed E-state index contributed by atoms with van der Waals surface area (Å²) in [6, 6.07) is 12.7. The highest BCUT2D eigenvalue weighted by Gasteiger charge is 2.12. The van der Waals surface area contributed by atoms with Gasteiger partial charge in [0, 0.05) is 11.6 Å². The van der Waals surface area contributed by atoms with E-state index in [0.29, 0.717) is 11.3 Å². The Morgan fingerprint density at radius 3 is 2.44 bits per heavy atom. The number of methoxy groups -OCH3 is 1. The SMILES string of the molecule is COc1ccccc1C=CC(=O)OCC(=O)Nc1ccccc1OC(F)F. The van der Waals surface area contributed by atoms with Gasteiger partial charge in [-0.3, -0.25) is 4.79 Å². The van der Waals surface area contributed by atoms with E-state index in [9.17, 15) is 18.4 Å². The Morgan fingerprint density at radius 2 is 1.74 bits per heavy atom. The Morgan fingerprint density at radius 1 is 1.07 bits per heavy atom. The van der Waals surface area contributed by atoms with Crippen LogP contribution in [0.1, 0.15) is 5.56 Å². The maximum atomic E-state index is 12.3. The monoisotopic (exact) mass is 377 g/mol. The molecule has 0 aromatic heterocycles. The summed E-state index contributed by atoms with van der Waals surface area (Å²) >= 11 is 0. The van der Waals surface area contributed by atoms with E-state index in [4.69, 9.17) is 9.47 Å². The van der Waals surface area contributed by atoms with Gasteiger partial charge in [0.15, 0.2) is 6.61 Å².